The van der Waals surface area contributed by atoms with E-state index in [0.29, 0.717) is 22.3 Å². The number of ketones is 2. The second-order valence-corrected chi connectivity index (χ2v) is 19.2. The van der Waals surface area contributed by atoms with Crippen molar-refractivity contribution in [3.63, 3.8) is 0 Å². The number of aromatic amines is 2. The molecule has 0 aliphatic carbocycles. The number of aryl methyl sites for hydroxylation is 2. The predicted octanol–water partition coefficient (Wildman–Crippen LogP) is 15.8. The number of imidazole rings is 4. The minimum absolute atomic E-state index is 0.0115. The first kappa shape index (κ1) is 50.1. The van der Waals surface area contributed by atoms with Gasteiger partial charge in [-0.2, -0.15) is 0 Å². The fourth-order valence-electron chi connectivity index (χ4n) is 9.68. The number of aromatic nitrogens is 8. The summed E-state index contributed by atoms with van der Waals surface area (Å²) in [7, 11) is 2.05. The first-order valence-electron chi connectivity index (χ1n) is 25.9. The molecule has 0 unspecified atom stereocenters. The number of benzene rings is 10. The van der Waals surface area contributed by atoms with E-state index in [4.69, 9.17) is 9.97 Å². The summed E-state index contributed by atoms with van der Waals surface area (Å²) in [4.78, 5) is 51.0. The quantitative estimate of drug-likeness (QED) is 0.139. The third-order valence-electron chi connectivity index (χ3n) is 13.8. The Morgan fingerprint density at radius 3 is 1.27 bits per heavy atom. The molecule has 0 radical (unpaired) electrons. The zero-order chi connectivity index (χ0) is 54.7. The number of nitrogens with one attached hydrogen (secondary N) is 2. The molecule has 0 saturated carbocycles. The van der Waals surface area contributed by atoms with Crippen LogP contribution in [0.15, 0.2) is 243 Å². The van der Waals surface area contributed by atoms with E-state index in [1.165, 1.54) is 48.5 Å². The fourth-order valence-corrected chi connectivity index (χ4v) is 9.68. The number of para-hydroxylation sites is 8. The van der Waals surface area contributed by atoms with Crippen molar-refractivity contribution in [1.82, 2.24) is 39.0 Å². The molecule has 12 heteroatoms. The monoisotopic (exact) mass is 1050 g/mol. The highest BCUT2D eigenvalue weighted by Crippen LogP contribution is 2.33. The van der Waals surface area contributed by atoms with Crippen LogP contribution in [0.25, 0.3) is 95.4 Å². The molecule has 10 nitrogen and oxygen atoms in total. The van der Waals surface area contributed by atoms with Crippen LogP contribution in [0.5, 0.6) is 0 Å². The predicted molar refractivity (Wildman–Crippen MR) is 314 cm³/mol. The van der Waals surface area contributed by atoms with Crippen LogP contribution >= 0.6 is 0 Å². The third kappa shape index (κ3) is 10.3. The number of H-pyrrole nitrogens is 2. The summed E-state index contributed by atoms with van der Waals surface area (Å²) < 4.78 is 29.6. The number of hydrogen-bond donors (Lipinski definition) is 2. The van der Waals surface area contributed by atoms with E-state index in [1.807, 2.05) is 153 Å². The molecule has 0 bridgehead atoms. The Kier molecular flexibility index (Phi) is 13.6. The standard InChI is InChI=1S/C35H26N4O.C20H14N4.C13H8F2O/c1-23-14-16-24(17-15-23)33(40)25-18-20-28(21-19-25)39-32-13-6-4-11-30(32)37-35(39)27-9-7-8-26(22-27)34-36-29-10-3-5-12-31(29)38(34)2;1-2-9-16-15(8-1)21-19(22-16)13-6-5-7-14(12-13)20-23-17-10-3-4-11-18(17)24-20;14-11-5-1-9(2-6-11)13(16)10-3-7-12(15)8-4-10/h3-22H,1-2H3;1-12H,(H,21,22)(H,23,24);1-8H. The average molecular weight is 1050 g/mol. The van der Waals surface area contributed by atoms with Gasteiger partial charge >= 0.3 is 0 Å². The number of fused-ring (bicyclic) bond motifs is 4. The van der Waals surface area contributed by atoms with Gasteiger partial charge in [0.25, 0.3) is 0 Å². The summed E-state index contributed by atoms with van der Waals surface area (Å²) >= 11 is 0. The summed E-state index contributed by atoms with van der Waals surface area (Å²) in [6, 6.07) is 75.0. The summed E-state index contributed by atoms with van der Waals surface area (Å²) in [5.74, 6) is 2.45. The van der Waals surface area contributed by atoms with E-state index < -0.39 is 11.6 Å². The molecule has 0 saturated heterocycles. The molecule has 4 heterocycles. The van der Waals surface area contributed by atoms with Gasteiger partial charge in [0.15, 0.2) is 11.6 Å². The molecule has 80 heavy (non-hydrogen) atoms. The van der Waals surface area contributed by atoms with Gasteiger partial charge < -0.3 is 14.5 Å². The molecule has 0 atom stereocenters. The van der Waals surface area contributed by atoms with E-state index in [9.17, 15) is 18.4 Å². The van der Waals surface area contributed by atoms with Gasteiger partial charge in [0.05, 0.1) is 44.1 Å². The molecule has 0 fully saturated rings. The van der Waals surface area contributed by atoms with Crippen LogP contribution in [-0.4, -0.2) is 50.6 Å². The third-order valence-corrected chi connectivity index (χ3v) is 13.8. The Hall–Kier alpha value is -10.7. The highest BCUT2D eigenvalue weighted by atomic mass is 19.1. The van der Waals surface area contributed by atoms with Crippen molar-refractivity contribution >= 4 is 55.7 Å². The highest BCUT2D eigenvalue weighted by Gasteiger charge is 2.18. The second-order valence-electron chi connectivity index (χ2n) is 19.2. The van der Waals surface area contributed by atoms with Crippen molar-refractivity contribution in [2.75, 3.05) is 0 Å². The van der Waals surface area contributed by atoms with Gasteiger partial charge in [-0.25, -0.2) is 28.7 Å². The number of hydrogen-bond acceptors (Lipinski definition) is 6. The lowest BCUT2D eigenvalue weighted by Crippen LogP contribution is -2.03. The number of carbonyl (C=O) groups excluding carboxylic acids is 2. The molecule has 4 aromatic heterocycles. The van der Waals surface area contributed by atoms with Crippen LogP contribution in [0.4, 0.5) is 8.78 Å². The number of carbonyl (C=O) groups is 2. The fraction of sp³-hybridized carbons (Fsp3) is 0.0294. The maximum atomic E-state index is 13.1. The Morgan fingerprint density at radius 2 is 0.775 bits per heavy atom. The first-order chi connectivity index (χ1) is 39.1. The average Bonchev–Trinajstić information content (AvgIpc) is 4.33. The van der Waals surface area contributed by atoms with Crippen molar-refractivity contribution in [2.45, 2.75) is 6.92 Å². The molecule has 0 aliphatic heterocycles. The summed E-state index contributed by atoms with van der Waals surface area (Å²) in [5, 5.41) is 0. The molecule has 0 spiro atoms. The molecular formula is C68H48F2N8O2. The molecule has 0 amide bonds. The second kappa shape index (κ2) is 21.7. The molecular weight excluding hydrogens is 999 g/mol. The van der Waals surface area contributed by atoms with Gasteiger partial charge in [-0.05, 0) is 140 Å². The van der Waals surface area contributed by atoms with Crippen molar-refractivity contribution in [3.05, 3.63) is 282 Å². The van der Waals surface area contributed by atoms with Crippen LogP contribution in [0.1, 0.15) is 37.4 Å². The lowest BCUT2D eigenvalue weighted by Gasteiger charge is -2.12. The molecule has 14 aromatic rings. The van der Waals surface area contributed by atoms with Crippen LogP contribution in [0, 0.1) is 18.6 Å². The molecule has 386 valence electrons. The Morgan fingerprint density at radius 1 is 0.388 bits per heavy atom. The van der Waals surface area contributed by atoms with E-state index in [0.717, 1.165) is 101 Å². The van der Waals surface area contributed by atoms with E-state index in [-0.39, 0.29) is 11.6 Å². The summed E-state index contributed by atoms with van der Waals surface area (Å²) in [6.07, 6.45) is 0. The minimum Gasteiger partial charge on any atom is -0.338 e. The van der Waals surface area contributed by atoms with Gasteiger partial charge in [0.2, 0.25) is 0 Å². The highest BCUT2D eigenvalue weighted by molar-refractivity contribution is 6.09. The van der Waals surface area contributed by atoms with Crippen molar-refractivity contribution in [3.8, 4) is 51.2 Å². The molecule has 10 aromatic carbocycles. The number of nitrogens with zero attached hydrogens (tertiary/aromatic N) is 6. The number of halogens is 2. The maximum absolute atomic E-state index is 13.1. The lowest BCUT2D eigenvalue weighted by molar-refractivity contribution is 0.103. The van der Waals surface area contributed by atoms with E-state index >= 15 is 0 Å². The Labute approximate surface area is 458 Å². The normalized spacial score (nSPS) is 11.1. The zero-order valence-corrected chi connectivity index (χ0v) is 43.3. The molecule has 2 N–H and O–H groups in total. The van der Waals surface area contributed by atoms with Crippen molar-refractivity contribution in [1.29, 1.82) is 0 Å². The van der Waals surface area contributed by atoms with E-state index in [1.54, 1.807) is 0 Å². The van der Waals surface area contributed by atoms with Crippen LogP contribution in [-0.2, 0) is 7.05 Å². The topological polar surface area (TPSA) is 127 Å². The molecule has 14 rings (SSSR count). The lowest BCUT2D eigenvalue weighted by atomic mass is 10.0. The van der Waals surface area contributed by atoms with Gasteiger partial charge in [0, 0.05) is 57.2 Å². The number of rotatable bonds is 9. The SMILES string of the molecule is Cc1ccc(C(=O)c2ccc(-n3c(-c4cccc(-c5nc6ccccc6n5C)c4)nc4ccccc43)cc2)cc1.O=C(c1ccc(F)cc1)c1ccc(F)cc1.c1cc(-c2nc3ccccc3[nH]2)cc(-c2nc3ccccc3[nH]2)c1. The van der Waals surface area contributed by atoms with Crippen molar-refractivity contribution < 1.29 is 18.4 Å². The van der Waals surface area contributed by atoms with Gasteiger partial charge in [-0.1, -0.05) is 115 Å². The van der Waals surface area contributed by atoms with Gasteiger partial charge in [-0.3, -0.25) is 14.2 Å². The van der Waals surface area contributed by atoms with E-state index in [2.05, 4.69) is 83.7 Å². The summed E-state index contributed by atoms with van der Waals surface area (Å²) in [6.45, 7) is 2.02. The van der Waals surface area contributed by atoms with Crippen LogP contribution in [0.2, 0.25) is 0 Å². The van der Waals surface area contributed by atoms with Crippen LogP contribution in [0.3, 0.4) is 0 Å². The van der Waals surface area contributed by atoms with Crippen molar-refractivity contribution in [2.24, 2.45) is 7.05 Å². The Bertz CT molecular complexity index is 4350. The minimum atomic E-state index is -0.393. The maximum Gasteiger partial charge on any atom is 0.193 e. The Balaban J connectivity index is 0.000000134. The van der Waals surface area contributed by atoms with Crippen LogP contribution < -0.4 is 0 Å². The van der Waals surface area contributed by atoms with Gasteiger partial charge in [-0.15, -0.1) is 0 Å². The van der Waals surface area contributed by atoms with Gasteiger partial charge in [0.1, 0.15) is 34.9 Å². The smallest absolute Gasteiger partial charge is 0.193 e. The summed E-state index contributed by atoms with van der Waals surface area (Å²) in [5.41, 5.74) is 16.3. The largest absolute Gasteiger partial charge is 0.338 e. The zero-order valence-electron chi connectivity index (χ0n) is 43.3. The molecule has 0 aliphatic rings. The first-order valence-corrected chi connectivity index (χ1v) is 25.9.